The number of rotatable bonds is 3. The standard InChI is InChI=1S/C15H11N7O2/c23-13(18-10-2-1-5-16-8-10)9-21-7-4-11-14(15(21)24)20-19-12-3-6-17-22(11)12/h1-8H,9H2,(H,18,23). The molecule has 0 fully saturated rings. The highest BCUT2D eigenvalue weighted by Crippen LogP contribution is 2.08. The number of hydrogen-bond donors (Lipinski definition) is 1. The zero-order valence-electron chi connectivity index (χ0n) is 12.3. The van der Waals surface area contributed by atoms with Crippen molar-refractivity contribution in [2.24, 2.45) is 0 Å². The molecule has 0 atom stereocenters. The highest BCUT2D eigenvalue weighted by molar-refractivity contribution is 5.90. The first-order valence-corrected chi connectivity index (χ1v) is 7.12. The summed E-state index contributed by atoms with van der Waals surface area (Å²) in [5.74, 6) is -0.336. The molecule has 0 aliphatic heterocycles. The predicted octanol–water partition coefficient (Wildman–Crippen LogP) is 0.473. The van der Waals surface area contributed by atoms with E-state index in [1.54, 1.807) is 36.7 Å². The fourth-order valence-electron chi connectivity index (χ4n) is 2.39. The Hall–Kier alpha value is -3.62. The molecule has 0 saturated carbocycles. The molecule has 0 saturated heterocycles. The average molecular weight is 321 g/mol. The highest BCUT2D eigenvalue weighted by atomic mass is 16.2. The number of aromatic nitrogens is 6. The van der Waals surface area contributed by atoms with Crippen molar-refractivity contribution in [2.45, 2.75) is 6.54 Å². The summed E-state index contributed by atoms with van der Waals surface area (Å²) in [6, 6.07) is 6.80. The third-order valence-electron chi connectivity index (χ3n) is 3.48. The number of carbonyl (C=O) groups excluding carboxylic acids is 1. The van der Waals surface area contributed by atoms with Crippen LogP contribution >= 0.6 is 0 Å². The summed E-state index contributed by atoms with van der Waals surface area (Å²) in [5, 5.41) is 14.7. The van der Waals surface area contributed by atoms with Crippen molar-refractivity contribution in [3.05, 3.63) is 59.4 Å². The van der Waals surface area contributed by atoms with Crippen molar-refractivity contribution in [1.29, 1.82) is 0 Å². The maximum Gasteiger partial charge on any atom is 0.281 e. The molecule has 0 bridgehead atoms. The van der Waals surface area contributed by atoms with Crippen molar-refractivity contribution >= 4 is 28.3 Å². The number of pyridine rings is 2. The summed E-state index contributed by atoms with van der Waals surface area (Å²) in [6.45, 7) is -0.136. The highest BCUT2D eigenvalue weighted by Gasteiger charge is 2.11. The molecular weight excluding hydrogens is 310 g/mol. The van der Waals surface area contributed by atoms with E-state index in [0.717, 1.165) is 0 Å². The quantitative estimate of drug-likeness (QED) is 0.588. The molecule has 1 N–H and O–H groups in total. The summed E-state index contributed by atoms with van der Waals surface area (Å²) < 4.78 is 2.81. The van der Waals surface area contributed by atoms with Crippen LogP contribution in [0.5, 0.6) is 0 Å². The second-order valence-corrected chi connectivity index (χ2v) is 5.07. The molecule has 1 amide bonds. The van der Waals surface area contributed by atoms with Crippen LogP contribution in [-0.4, -0.2) is 35.3 Å². The molecule has 4 heterocycles. The van der Waals surface area contributed by atoms with Gasteiger partial charge in [-0.15, -0.1) is 10.2 Å². The van der Waals surface area contributed by atoms with Gasteiger partial charge in [-0.25, -0.2) is 4.52 Å². The Morgan fingerprint density at radius 2 is 2.08 bits per heavy atom. The molecule has 0 unspecified atom stereocenters. The zero-order valence-corrected chi connectivity index (χ0v) is 12.3. The van der Waals surface area contributed by atoms with Crippen LogP contribution in [0.25, 0.3) is 16.7 Å². The number of nitrogens with zero attached hydrogens (tertiary/aromatic N) is 6. The first kappa shape index (κ1) is 14.0. The van der Waals surface area contributed by atoms with Gasteiger partial charge in [0.05, 0.1) is 18.1 Å². The van der Waals surface area contributed by atoms with Gasteiger partial charge in [-0.1, -0.05) is 0 Å². The van der Waals surface area contributed by atoms with Crippen LogP contribution in [0.1, 0.15) is 0 Å². The van der Waals surface area contributed by atoms with E-state index < -0.39 is 5.56 Å². The van der Waals surface area contributed by atoms with E-state index in [0.29, 0.717) is 16.9 Å². The Labute approximate surface area is 134 Å². The van der Waals surface area contributed by atoms with Gasteiger partial charge in [0.1, 0.15) is 12.1 Å². The maximum absolute atomic E-state index is 12.5. The fourth-order valence-corrected chi connectivity index (χ4v) is 2.39. The van der Waals surface area contributed by atoms with Crippen molar-refractivity contribution in [1.82, 2.24) is 29.4 Å². The molecule has 4 aromatic heterocycles. The minimum atomic E-state index is -0.404. The largest absolute Gasteiger partial charge is 0.323 e. The van der Waals surface area contributed by atoms with Gasteiger partial charge in [0.25, 0.3) is 5.56 Å². The van der Waals surface area contributed by atoms with Crippen LogP contribution in [-0.2, 0) is 11.3 Å². The average Bonchev–Trinajstić information content (AvgIpc) is 3.07. The second kappa shape index (κ2) is 5.54. The third-order valence-corrected chi connectivity index (χ3v) is 3.48. The van der Waals surface area contributed by atoms with Gasteiger partial charge in [-0.3, -0.25) is 14.6 Å². The van der Waals surface area contributed by atoms with E-state index >= 15 is 0 Å². The lowest BCUT2D eigenvalue weighted by Crippen LogP contribution is -2.28. The summed E-state index contributed by atoms with van der Waals surface area (Å²) in [7, 11) is 0. The predicted molar refractivity (Wildman–Crippen MR) is 85.4 cm³/mol. The molecule has 0 aliphatic rings. The molecular formula is C15H11N7O2. The van der Waals surface area contributed by atoms with Gasteiger partial charge < -0.3 is 9.88 Å². The third kappa shape index (κ3) is 2.37. The Bertz CT molecular complexity index is 1100. The SMILES string of the molecule is O=C(Cn1ccc2c(nnc3ccnn32)c1=O)Nc1cccnc1. The lowest BCUT2D eigenvalue weighted by atomic mass is 10.3. The van der Waals surface area contributed by atoms with E-state index in [1.165, 1.54) is 21.5 Å². The molecule has 118 valence electrons. The van der Waals surface area contributed by atoms with E-state index in [4.69, 9.17) is 0 Å². The first-order valence-electron chi connectivity index (χ1n) is 7.12. The number of fused-ring (bicyclic) bond motifs is 3. The minimum absolute atomic E-state index is 0.136. The molecule has 4 rings (SSSR count). The van der Waals surface area contributed by atoms with E-state index in [-0.39, 0.29) is 18.0 Å². The van der Waals surface area contributed by atoms with Crippen LogP contribution in [0.3, 0.4) is 0 Å². The van der Waals surface area contributed by atoms with Crippen LogP contribution in [0.4, 0.5) is 5.69 Å². The van der Waals surface area contributed by atoms with Crippen molar-refractivity contribution in [2.75, 3.05) is 5.32 Å². The Morgan fingerprint density at radius 3 is 2.92 bits per heavy atom. The summed E-state index contributed by atoms with van der Waals surface area (Å²) in [4.78, 5) is 28.5. The van der Waals surface area contributed by atoms with Crippen LogP contribution in [0, 0.1) is 0 Å². The van der Waals surface area contributed by atoms with Gasteiger partial charge in [0.2, 0.25) is 5.91 Å². The topological polar surface area (TPSA) is 107 Å². The Kier molecular flexibility index (Phi) is 3.23. The van der Waals surface area contributed by atoms with E-state index in [2.05, 4.69) is 25.6 Å². The molecule has 9 nitrogen and oxygen atoms in total. The molecule has 9 heteroatoms. The number of carbonyl (C=O) groups is 1. The lowest BCUT2D eigenvalue weighted by molar-refractivity contribution is -0.116. The second-order valence-electron chi connectivity index (χ2n) is 5.07. The minimum Gasteiger partial charge on any atom is -0.323 e. The van der Waals surface area contributed by atoms with Gasteiger partial charge in [-0.05, 0) is 18.2 Å². The van der Waals surface area contributed by atoms with E-state index in [9.17, 15) is 9.59 Å². The maximum atomic E-state index is 12.5. The molecule has 24 heavy (non-hydrogen) atoms. The lowest BCUT2D eigenvalue weighted by Gasteiger charge is -2.08. The Morgan fingerprint density at radius 1 is 1.17 bits per heavy atom. The summed E-state index contributed by atoms with van der Waals surface area (Å²) >= 11 is 0. The smallest absolute Gasteiger partial charge is 0.281 e. The van der Waals surface area contributed by atoms with Gasteiger partial charge in [-0.2, -0.15) is 5.10 Å². The zero-order chi connectivity index (χ0) is 16.5. The summed E-state index contributed by atoms with van der Waals surface area (Å²) in [5.41, 5.74) is 1.41. The van der Waals surface area contributed by atoms with Gasteiger partial charge >= 0.3 is 0 Å². The van der Waals surface area contributed by atoms with Crippen LogP contribution in [0.15, 0.2) is 53.8 Å². The van der Waals surface area contributed by atoms with Crippen molar-refractivity contribution < 1.29 is 4.79 Å². The van der Waals surface area contributed by atoms with Crippen LogP contribution < -0.4 is 10.9 Å². The normalized spacial score (nSPS) is 11.0. The van der Waals surface area contributed by atoms with E-state index in [1.807, 2.05) is 0 Å². The summed E-state index contributed by atoms with van der Waals surface area (Å²) in [6.07, 6.45) is 6.26. The molecule has 0 radical (unpaired) electrons. The van der Waals surface area contributed by atoms with Gasteiger partial charge in [0.15, 0.2) is 11.2 Å². The molecule has 0 spiro atoms. The first-order chi connectivity index (χ1) is 11.7. The molecule has 4 aromatic rings. The van der Waals surface area contributed by atoms with Crippen molar-refractivity contribution in [3.8, 4) is 0 Å². The number of amides is 1. The number of hydrogen-bond acceptors (Lipinski definition) is 6. The van der Waals surface area contributed by atoms with Crippen molar-refractivity contribution in [3.63, 3.8) is 0 Å². The number of anilines is 1. The Balaban J connectivity index is 1.67. The van der Waals surface area contributed by atoms with Crippen LogP contribution in [0.2, 0.25) is 0 Å². The molecule has 0 aromatic carbocycles. The number of nitrogens with one attached hydrogen (secondary N) is 1. The monoisotopic (exact) mass is 321 g/mol. The molecule has 0 aliphatic carbocycles. The fraction of sp³-hybridized carbons (Fsp3) is 0.0667. The van der Waals surface area contributed by atoms with Gasteiger partial charge in [0, 0.05) is 18.5 Å².